The Morgan fingerprint density at radius 3 is 2.68 bits per heavy atom. The number of halogens is 1. The number of carbonyl (C=O) groups is 2. The third-order valence-corrected chi connectivity index (χ3v) is 5.15. The highest BCUT2D eigenvalue weighted by Crippen LogP contribution is 2.36. The van der Waals surface area contributed by atoms with Crippen molar-refractivity contribution in [1.82, 2.24) is 5.32 Å². The fraction of sp³-hybridized carbons (Fsp3) is 0.579. The van der Waals surface area contributed by atoms with E-state index in [4.69, 9.17) is 16.3 Å². The number of hydrogen-bond acceptors (Lipinski definition) is 3. The normalized spacial score (nSPS) is 21.3. The molecule has 1 unspecified atom stereocenters. The fourth-order valence-electron chi connectivity index (χ4n) is 3.56. The molecule has 0 aromatic heterocycles. The molecule has 3 rings (SSSR count). The number of hydrogen-bond donors (Lipinski definition) is 1. The van der Waals surface area contributed by atoms with Gasteiger partial charge in [0, 0.05) is 11.1 Å². The Hall–Kier alpha value is -1.75. The molecule has 1 aromatic carbocycles. The van der Waals surface area contributed by atoms with Gasteiger partial charge in [-0.3, -0.25) is 14.5 Å². The Kier molecular flexibility index (Phi) is 5.84. The van der Waals surface area contributed by atoms with Crippen LogP contribution in [0.3, 0.4) is 0 Å². The molecule has 0 saturated heterocycles. The van der Waals surface area contributed by atoms with Gasteiger partial charge in [0.1, 0.15) is 12.3 Å². The summed E-state index contributed by atoms with van der Waals surface area (Å²) in [7, 11) is 0. The van der Waals surface area contributed by atoms with Crippen molar-refractivity contribution < 1.29 is 14.3 Å². The van der Waals surface area contributed by atoms with Crippen LogP contribution in [0, 0.1) is 0 Å². The van der Waals surface area contributed by atoms with Crippen molar-refractivity contribution in [2.45, 2.75) is 64.0 Å². The van der Waals surface area contributed by atoms with Crippen LogP contribution in [0.15, 0.2) is 18.2 Å². The Morgan fingerprint density at radius 1 is 1.28 bits per heavy atom. The Labute approximate surface area is 153 Å². The van der Waals surface area contributed by atoms with Crippen molar-refractivity contribution in [3.8, 4) is 5.75 Å². The van der Waals surface area contributed by atoms with Gasteiger partial charge in [-0.1, -0.05) is 44.2 Å². The maximum atomic E-state index is 12.7. The van der Waals surface area contributed by atoms with E-state index in [-0.39, 0.29) is 24.4 Å². The maximum absolute atomic E-state index is 12.7. The van der Waals surface area contributed by atoms with Gasteiger partial charge in [0.05, 0.1) is 5.69 Å². The summed E-state index contributed by atoms with van der Waals surface area (Å²) in [6.45, 7) is 1.90. The molecule has 1 N–H and O–H groups in total. The Morgan fingerprint density at radius 2 is 2.00 bits per heavy atom. The van der Waals surface area contributed by atoms with Gasteiger partial charge in [-0.2, -0.15) is 0 Å². The number of carbonyl (C=O) groups excluding carboxylic acids is 2. The van der Waals surface area contributed by atoms with Crippen molar-refractivity contribution >= 4 is 29.1 Å². The minimum Gasteiger partial charge on any atom is -0.478 e. The summed E-state index contributed by atoms with van der Waals surface area (Å²) in [6.07, 6.45) is 6.80. The highest BCUT2D eigenvalue weighted by Gasteiger charge is 2.34. The summed E-state index contributed by atoms with van der Waals surface area (Å²) in [5.41, 5.74) is 0.568. The minimum atomic E-state index is -0.556. The smallest absolute Gasteiger partial charge is 0.268 e. The number of rotatable bonds is 4. The third kappa shape index (κ3) is 4.27. The number of nitrogens with zero attached hydrogens (tertiary/aromatic N) is 1. The lowest BCUT2D eigenvalue weighted by Crippen LogP contribution is -2.50. The van der Waals surface area contributed by atoms with Crippen LogP contribution in [0.2, 0.25) is 5.02 Å². The van der Waals surface area contributed by atoms with Gasteiger partial charge in [0.15, 0.2) is 6.10 Å². The predicted molar refractivity (Wildman–Crippen MR) is 98.1 cm³/mol. The second-order valence-electron chi connectivity index (χ2n) is 6.81. The Bertz CT molecular complexity index is 642. The highest BCUT2D eigenvalue weighted by molar-refractivity contribution is 6.31. The van der Waals surface area contributed by atoms with Crippen LogP contribution in [0.1, 0.15) is 51.9 Å². The number of fused-ring (bicyclic) bond motifs is 1. The summed E-state index contributed by atoms with van der Waals surface area (Å²) in [5.74, 6) is 0.286. The Balaban J connectivity index is 1.74. The molecule has 5 nitrogen and oxygen atoms in total. The summed E-state index contributed by atoms with van der Waals surface area (Å²) in [6, 6.07) is 5.38. The zero-order valence-electron chi connectivity index (χ0n) is 14.6. The molecule has 0 spiro atoms. The zero-order chi connectivity index (χ0) is 17.8. The molecule has 1 aromatic rings. The van der Waals surface area contributed by atoms with Crippen LogP contribution in [-0.2, 0) is 9.59 Å². The summed E-state index contributed by atoms with van der Waals surface area (Å²) in [5, 5.41) is 3.61. The van der Waals surface area contributed by atoms with Crippen LogP contribution in [-0.4, -0.2) is 30.5 Å². The first-order chi connectivity index (χ1) is 12.1. The van der Waals surface area contributed by atoms with E-state index in [0.29, 0.717) is 22.9 Å². The molecule has 0 bridgehead atoms. The van der Waals surface area contributed by atoms with E-state index in [9.17, 15) is 9.59 Å². The monoisotopic (exact) mass is 364 g/mol. The highest BCUT2D eigenvalue weighted by atomic mass is 35.5. The lowest BCUT2D eigenvalue weighted by Gasteiger charge is -2.34. The molecule has 25 heavy (non-hydrogen) atoms. The third-order valence-electron chi connectivity index (χ3n) is 4.92. The van der Waals surface area contributed by atoms with E-state index in [1.54, 1.807) is 18.2 Å². The molecule has 6 heteroatoms. The van der Waals surface area contributed by atoms with Crippen molar-refractivity contribution in [2.75, 3.05) is 11.4 Å². The van der Waals surface area contributed by atoms with Crippen LogP contribution in [0.4, 0.5) is 5.69 Å². The topological polar surface area (TPSA) is 58.6 Å². The van der Waals surface area contributed by atoms with Gasteiger partial charge in [-0.25, -0.2) is 0 Å². The van der Waals surface area contributed by atoms with E-state index >= 15 is 0 Å². The van der Waals surface area contributed by atoms with Crippen LogP contribution in [0.5, 0.6) is 5.75 Å². The largest absolute Gasteiger partial charge is 0.478 e. The second-order valence-corrected chi connectivity index (χ2v) is 7.24. The van der Waals surface area contributed by atoms with E-state index < -0.39 is 6.10 Å². The molecule has 1 fully saturated rings. The van der Waals surface area contributed by atoms with Crippen LogP contribution >= 0.6 is 11.6 Å². The summed E-state index contributed by atoms with van der Waals surface area (Å²) < 4.78 is 5.75. The molecule has 1 atom stereocenters. The van der Waals surface area contributed by atoms with Crippen LogP contribution in [0.25, 0.3) is 0 Å². The number of nitrogens with one attached hydrogen (secondary N) is 1. The average Bonchev–Trinajstić information content (AvgIpc) is 2.86. The van der Waals surface area contributed by atoms with Gasteiger partial charge in [0.2, 0.25) is 5.91 Å². The number of anilines is 1. The molecule has 0 radical (unpaired) electrons. The van der Waals surface area contributed by atoms with E-state index in [2.05, 4.69) is 5.32 Å². The van der Waals surface area contributed by atoms with Gasteiger partial charge in [-0.05, 0) is 37.5 Å². The van der Waals surface area contributed by atoms with Gasteiger partial charge in [-0.15, -0.1) is 0 Å². The first kappa shape index (κ1) is 18.1. The number of amides is 2. The molecule has 1 aliphatic heterocycles. The predicted octanol–water partition coefficient (Wildman–Crippen LogP) is 3.68. The number of benzene rings is 1. The van der Waals surface area contributed by atoms with E-state index in [0.717, 1.165) is 25.7 Å². The lowest BCUT2D eigenvalue weighted by atomic mass is 10.1. The molecule has 1 saturated carbocycles. The first-order valence-corrected chi connectivity index (χ1v) is 9.53. The minimum absolute atomic E-state index is 0.00252. The van der Waals surface area contributed by atoms with Gasteiger partial charge >= 0.3 is 0 Å². The molecule has 2 aliphatic rings. The van der Waals surface area contributed by atoms with Crippen molar-refractivity contribution in [2.24, 2.45) is 0 Å². The van der Waals surface area contributed by atoms with Crippen LogP contribution < -0.4 is 15.0 Å². The van der Waals surface area contributed by atoms with E-state index in [1.807, 2.05) is 6.92 Å². The van der Waals surface area contributed by atoms with Crippen molar-refractivity contribution in [3.05, 3.63) is 23.2 Å². The standard InChI is InChI=1S/C19H25ClN2O3/c1-2-16-19(24)22(15-11-13(20)9-10-17(15)25-16)12-18(23)21-14-7-5-3-4-6-8-14/h9-11,14,16H,2-8,12H2,1H3,(H,21,23). The molecule has 1 aliphatic carbocycles. The molecule has 136 valence electrons. The van der Waals surface area contributed by atoms with Gasteiger partial charge < -0.3 is 10.1 Å². The quantitative estimate of drug-likeness (QED) is 0.829. The first-order valence-electron chi connectivity index (χ1n) is 9.15. The lowest BCUT2D eigenvalue weighted by molar-refractivity contribution is -0.129. The molecule has 2 amide bonds. The molecular weight excluding hydrogens is 340 g/mol. The molecule has 1 heterocycles. The van der Waals surface area contributed by atoms with E-state index in [1.165, 1.54) is 17.7 Å². The van der Waals surface area contributed by atoms with Gasteiger partial charge in [0.25, 0.3) is 5.91 Å². The second kappa shape index (κ2) is 8.09. The van der Waals surface area contributed by atoms with Crippen molar-refractivity contribution in [1.29, 1.82) is 0 Å². The molecular formula is C19H25ClN2O3. The fourth-order valence-corrected chi connectivity index (χ4v) is 3.73. The van der Waals surface area contributed by atoms with Crippen molar-refractivity contribution in [3.63, 3.8) is 0 Å². The summed E-state index contributed by atoms with van der Waals surface area (Å²) >= 11 is 6.08. The summed E-state index contributed by atoms with van der Waals surface area (Å²) in [4.78, 5) is 26.7. The average molecular weight is 365 g/mol. The number of ether oxygens (including phenoxy) is 1. The maximum Gasteiger partial charge on any atom is 0.268 e. The zero-order valence-corrected chi connectivity index (χ0v) is 15.3. The SMILES string of the molecule is CCC1Oc2ccc(Cl)cc2N(CC(=O)NC2CCCCCC2)C1=O.